The lowest BCUT2D eigenvalue weighted by Gasteiger charge is -2.34. The molecular weight excluding hydrogens is 295 g/mol. The van der Waals surface area contributed by atoms with Crippen LogP contribution in [0.1, 0.15) is 5.56 Å². The van der Waals surface area contributed by atoms with Crippen molar-refractivity contribution in [2.45, 2.75) is 21.7 Å². The predicted octanol–water partition coefficient (Wildman–Crippen LogP) is -0.359. The fourth-order valence-electron chi connectivity index (χ4n) is 1.60. The van der Waals surface area contributed by atoms with Crippen LogP contribution in [0.5, 0.6) is 11.5 Å². The summed E-state index contributed by atoms with van der Waals surface area (Å²) in [5.41, 5.74) is -1.74. The van der Waals surface area contributed by atoms with Crippen LogP contribution in [-0.4, -0.2) is 41.6 Å². The Morgan fingerprint density at radius 1 is 1.40 bits per heavy atom. The second kappa shape index (κ2) is 4.47. The molecule has 108 valence electrons. The Morgan fingerprint density at radius 3 is 2.50 bits per heavy atom. The van der Waals surface area contributed by atoms with E-state index in [1.54, 1.807) is 0 Å². The molecule has 20 heavy (non-hydrogen) atoms. The summed E-state index contributed by atoms with van der Waals surface area (Å²) < 4.78 is 35.6. The fraction of sp³-hybridized carbons (Fsp3) is 0.400. The summed E-state index contributed by atoms with van der Waals surface area (Å²) in [6.07, 6.45) is 0. The van der Waals surface area contributed by atoms with Crippen LogP contribution in [-0.2, 0) is 5.50 Å². The first kappa shape index (κ1) is 15.3. The summed E-state index contributed by atoms with van der Waals surface area (Å²) in [5.74, 6) is -3.59. The number of nitrogens with two attached hydrogens (primary N) is 1. The van der Waals surface area contributed by atoms with Gasteiger partial charge in [0, 0.05) is 11.8 Å². The molecule has 2 rings (SSSR count). The van der Waals surface area contributed by atoms with Crippen molar-refractivity contribution in [3.8, 4) is 11.5 Å². The van der Waals surface area contributed by atoms with Crippen molar-refractivity contribution in [2.75, 3.05) is 7.11 Å². The normalized spacial score (nSPS) is 19.9. The minimum Gasteiger partial charge on any atom is -0.495 e. The van der Waals surface area contributed by atoms with Gasteiger partial charge in [-0.05, 0) is 17.7 Å². The summed E-state index contributed by atoms with van der Waals surface area (Å²) in [7, 11) is 6.53. The molecule has 10 heteroatoms. The van der Waals surface area contributed by atoms with Crippen molar-refractivity contribution in [2.24, 2.45) is 5.73 Å². The van der Waals surface area contributed by atoms with Crippen molar-refractivity contribution in [1.29, 1.82) is 0 Å². The highest BCUT2D eigenvalue weighted by Gasteiger charge is 2.47. The Hall–Kier alpha value is -1.07. The molecule has 1 aliphatic heterocycles. The van der Waals surface area contributed by atoms with Gasteiger partial charge in [-0.15, -0.1) is 0 Å². The maximum Gasteiger partial charge on any atom is 0.457 e. The average molecular weight is 305 g/mol. The molecule has 0 saturated carbocycles. The first-order valence-electron chi connectivity index (χ1n) is 5.21. The van der Waals surface area contributed by atoms with Crippen LogP contribution < -0.4 is 15.2 Å². The number of benzene rings is 1. The SMILES string of the molecule is [B]C(O)(c1cc(OC)c2c(c1)OC(F)(F)S2)C(N)(O)O. The second-order valence-electron chi connectivity index (χ2n) is 4.17. The number of rotatable bonds is 3. The lowest BCUT2D eigenvalue weighted by Crippen LogP contribution is -2.59. The van der Waals surface area contributed by atoms with Gasteiger partial charge >= 0.3 is 5.44 Å². The number of hydrogen-bond acceptors (Lipinski definition) is 7. The molecular formula is C10H10BF2NO5S. The van der Waals surface area contributed by atoms with Crippen LogP contribution >= 0.6 is 11.8 Å². The number of aliphatic hydroxyl groups is 3. The summed E-state index contributed by atoms with van der Waals surface area (Å²) in [4.78, 5) is -0.00412. The predicted molar refractivity (Wildman–Crippen MR) is 65.4 cm³/mol. The molecule has 0 aliphatic carbocycles. The zero-order valence-corrected chi connectivity index (χ0v) is 10.9. The van der Waals surface area contributed by atoms with Crippen molar-refractivity contribution in [3.63, 3.8) is 0 Å². The largest absolute Gasteiger partial charge is 0.495 e. The second-order valence-corrected chi connectivity index (χ2v) is 5.25. The van der Waals surface area contributed by atoms with Gasteiger partial charge in [-0.1, -0.05) is 0 Å². The Bertz CT molecular complexity index is 549. The Kier molecular flexibility index (Phi) is 3.42. The minimum atomic E-state index is -3.50. The van der Waals surface area contributed by atoms with Crippen LogP contribution in [0, 0.1) is 0 Å². The number of fused-ring (bicyclic) bond motifs is 1. The van der Waals surface area contributed by atoms with E-state index in [1.165, 1.54) is 7.11 Å². The number of alkyl halides is 2. The highest BCUT2D eigenvalue weighted by atomic mass is 32.2. The number of hydrogen-bond donors (Lipinski definition) is 4. The molecule has 6 nitrogen and oxygen atoms in total. The molecule has 5 N–H and O–H groups in total. The van der Waals surface area contributed by atoms with Gasteiger partial charge < -0.3 is 24.8 Å². The molecule has 0 amide bonds. The maximum absolute atomic E-state index is 13.2. The van der Waals surface area contributed by atoms with Crippen LogP contribution in [0.3, 0.4) is 0 Å². The zero-order valence-electron chi connectivity index (χ0n) is 10.1. The van der Waals surface area contributed by atoms with Crippen molar-refractivity contribution >= 4 is 19.6 Å². The van der Waals surface area contributed by atoms with Gasteiger partial charge in [0.15, 0.2) is 0 Å². The van der Waals surface area contributed by atoms with E-state index in [1.807, 2.05) is 0 Å². The number of thioether (sulfide) groups is 1. The van der Waals surface area contributed by atoms with Gasteiger partial charge in [-0.2, -0.15) is 8.78 Å². The molecule has 1 unspecified atom stereocenters. The number of halogens is 2. The van der Waals surface area contributed by atoms with Crippen LogP contribution in [0.4, 0.5) is 8.78 Å². The number of ether oxygens (including phenoxy) is 2. The van der Waals surface area contributed by atoms with Crippen LogP contribution in [0.2, 0.25) is 0 Å². The van der Waals surface area contributed by atoms with E-state index >= 15 is 0 Å². The van der Waals surface area contributed by atoms with E-state index in [9.17, 15) is 24.1 Å². The minimum absolute atomic E-state index is 0.00412. The van der Waals surface area contributed by atoms with Crippen LogP contribution in [0.25, 0.3) is 0 Å². The molecule has 1 aliphatic rings. The molecule has 0 fully saturated rings. The van der Waals surface area contributed by atoms with Gasteiger partial charge in [0.1, 0.15) is 29.7 Å². The standard InChI is InChI=1S/C10H10BF2NO5S/c1-18-5-2-4(8(11,15)9(14,16)17)3-6-7(5)20-10(12,13)19-6/h2-3,15-17H,14H2,1H3. The molecule has 0 aromatic heterocycles. The van der Waals surface area contributed by atoms with Crippen molar-refractivity contribution in [3.05, 3.63) is 17.7 Å². The molecule has 1 aromatic rings. The zero-order chi connectivity index (χ0) is 15.3. The quantitative estimate of drug-likeness (QED) is 0.446. The van der Waals surface area contributed by atoms with E-state index < -0.39 is 16.9 Å². The molecule has 0 spiro atoms. The molecule has 0 saturated heterocycles. The van der Waals surface area contributed by atoms with Gasteiger partial charge in [0.2, 0.25) is 5.91 Å². The lowest BCUT2D eigenvalue weighted by molar-refractivity contribution is -0.243. The number of methoxy groups -OCH3 is 1. The van der Waals surface area contributed by atoms with Gasteiger partial charge in [0.25, 0.3) is 0 Å². The highest BCUT2D eigenvalue weighted by Crippen LogP contribution is 2.54. The van der Waals surface area contributed by atoms with E-state index in [4.69, 9.17) is 18.3 Å². The Labute approximate surface area is 117 Å². The maximum atomic E-state index is 13.2. The summed E-state index contributed by atoms with van der Waals surface area (Å²) >= 11 is 0.112. The Morgan fingerprint density at radius 2 is 2.00 bits per heavy atom. The van der Waals surface area contributed by atoms with Crippen LogP contribution in [0.15, 0.2) is 17.0 Å². The van der Waals surface area contributed by atoms with Crippen molar-refractivity contribution < 1.29 is 33.6 Å². The molecule has 1 heterocycles. The fourth-order valence-corrected chi connectivity index (χ4v) is 2.42. The summed E-state index contributed by atoms with van der Waals surface area (Å²) in [6, 6.07) is 1.99. The van der Waals surface area contributed by atoms with Gasteiger partial charge in [-0.25, -0.2) is 0 Å². The third kappa shape index (κ3) is 2.45. The van der Waals surface area contributed by atoms with Crippen molar-refractivity contribution in [1.82, 2.24) is 0 Å². The van der Waals surface area contributed by atoms with E-state index in [-0.39, 0.29) is 33.7 Å². The third-order valence-corrected chi connectivity index (χ3v) is 3.62. The lowest BCUT2D eigenvalue weighted by atomic mass is 9.72. The van der Waals surface area contributed by atoms with E-state index in [0.29, 0.717) is 0 Å². The smallest absolute Gasteiger partial charge is 0.457 e. The summed E-state index contributed by atoms with van der Waals surface area (Å²) in [6.45, 7) is 0. The molecule has 2 radical (unpaired) electrons. The van der Waals surface area contributed by atoms with E-state index in [2.05, 4.69) is 4.74 Å². The molecule has 0 bridgehead atoms. The first-order valence-corrected chi connectivity index (χ1v) is 6.03. The topological polar surface area (TPSA) is 105 Å². The Balaban J connectivity index is 2.56. The average Bonchev–Trinajstić information content (AvgIpc) is 2.59. The third-order valence-electron chi connectivity index (χ3n) is 2.69. The molecule has 1 atom stereocenters. The summed E-state index contributed by atoms with van der Waals surface area (Å²) in [5, 5.41) is 28.3. The van der Waals surface area contributed by atoms with Gasteiger partial charge in [0.05, 0.1) is 7.11 Å². The molecule has 1 aromatic carbocycles. The van der Waals surface area contributed by atoms with Gasteiger partial charge in [-0.3, -0.25) is 5.73 Å². The van der Waals surface area contributed by atoms with E-state index in [0.717, 1.165) is 12.1 Å². The highest BCUT2D eigenvalue weighted by molar-refractivity contribution is 8.00. The monoisotopic (exact) mass is 305 g/mol. The first-order chi connectivity index (χ1) is 8.98.